The first kappa shape index (κ1) is 59.3. The van der Waals surface area contributed by atoms with Crippen molar-refractivity contribution in [1.29, 1.82) is 0 Å². The fraction of sp³-hybridized carbons (Fsp3) is 0.759. The number of aliphatic hydroxyl groups excluding tert-OH is 1. The van der Waals surface area contributed by atoms with Gasteiger partial charge in [-0.15, -0.1) is 18.9 Å². The van der Waals surface area contributed by atoms with E-state index >= 15 is 0 Å². The highest BCUT2D eigenvalue weighted by Gasteiger charge is 2.29. The van der Waals surface area contributed by atoms with Crippen LogP contribution in [0.15, 0.2) is 17.8 Å². The van der Waals surface area contributed by atoms with Crippen LogP contribution in [0.25, 0.3) is 10.4 Å². The molecule has 0 bridgehead atoms. The molecule has 1 atom stereocenters. The number of carbonyl (C=O) groups is 3. The molecule has 0 amide bonds. The lowest BCUT2D eigenvalue weighted by Crippen LogP contribution is -2.19. The molecule has 0 spiro atoms. The Labute approximate surface area is 258 Å². The van der Waals surface area contributed by atoms with Crippen molar-refractivity contribution >= 4 is 18.2 Å². The number of terminal acetylenes is 1. The number of ether oxygens (including phenoxy) is 2. The monoisotopic (exact) mass is 632 g/mol. The van der Waals surface area contributed by atoms with Gasteiger partial charge in [0, 0.05) is 43.7 Å². The average Bonchev–Trinajstić information content (AvgIpc) is 3.83. The summed E-state index contributed by atoms with van der Waals surface area (Å²) < 4.78 is 42.5. The van der Waals surface area contributed by atoms with Crippen LogP contribution < -0.4 is 5.73 Å². The summed E-state index contributed by atoms with van der Waals surface area (Å²) in [5.41, 5.74) is 12.4. The number of carboxylic acids is 1. The van der Waals surface area contributed by atoms with Crippen LogP contribution in [0.3, 0.4) is 0 Å². The zero-order valence-corrected chi connectivity index (χ0v) is 27.8. The molecule has 0 aromatic heterocycles. The van der Waals surface area contributed by atoms with Gasteiger partial charge in [0.25, 0.3) is 0 Å². The van der Waals surface area contributed by atoms with Crippen molar-refractivity contribution < 1.29 is 47.2 Å². The Hall–Kier alpha value is -3.11. The quantitative estimate of drug-likeness (QED) is 0.0382. The molecular formula is C29H59F3N4O7. The molecule has 0 radical (unpaired) electrons. The molecule has 1 saturated heterocycles. The third kappa shape index (κ3) is 186. The number of aliphatic carboxylic acids is 1. The Morgan fingerprint density at radius 3 is 1.56 bits per heavy atom. The van der Waals surface area contributed by atoms with Gasteiger partial charge in [0.15, 0.2) is 6.61 Å². The molecule has 0 aromatic rings. The van der Waals surface area contributed by atoms with E-state index in [2.05, 4.69) is 41.1 Å². The second kappa shape index (κ2) is 62.5. The summed E-state index contributed by atoms with van der Waals surface area (Å²) in [5.74, 6) is 0.849. The summed E-state index contributed by atoms with van der Waals surface area (Å²) in [6.07, 6.45) is 7.70. The maximum atomic E-state index is 11.3. The topological polar surface area (TPSA) is 188 Å². The lowest BCUT2D eigenvalue weighted by molar-refractivity contribution is -0.186. The van der Waals surface area contributed by atoms with E-state index in [-0.39, 0.29) is 19.4 Å². The third-order valence-electron chi connectivity index (χ3n) is 2.71. The fourth-order valence-electron chi connectivity index (χ4n) is 0.631. The van der Waals surface area contributed by atoms with Gasteiger partial charge in [-0.25, -0.2) is 0 Å². The normalized spacial score (nSPS) is 10.6. The first-order valence-corrected chi connectivity index (χ1v) is 14.0. The maximum absolute atomic E-state index is 11.3. The molecule has 4 N–H and O–H groups in total. The number of hydrogen-bond acceptors (Lipinski definition) is 8. The van der Waals surface area contributed by atoms with Gasteiger partial charge in [-0.05, 0) is 31.8 Å². The minimum absolute atomic E-state index is 0.0317. The van der Waals surface area contributed by atoms with Crippen LogP contribution in [0.4, 0.5) is 13.2 Å². The van der Waals surface area contributed by atoms with Crippen molar-refractivity contribution in [3.63, 3.8) is 0 Å². The van der Waals surface area contributed by atoms with Crippen LogP contribution in [0.1, 0.15) is 101 Å². The zero-order chi connectivity index (χ0) is 36.0. The molecular weight excluding hydrogens is 573 g/mol. The highest BCUT2D eigenvalue weighted by Crippen LogP contribution is 2.14. The van der Waals surface area contributed by atoms with Crippen molar-refractivity contribution in [3.8, 4) is 12.3 Å². The third-order valence-corrected chi connectivity index (χ3v) is 2.71. The van der Waals surface area contributed by atoms with Gasteiger partial charge >= 0.3 is 18.1 Å². The standard InChI is InChI=1S/C5H7F3O2.C4H8O.C4H8.C4H6.C3H6O2.C3H6O.C2H5N3.C2H7N.C2H6O/c1-2-4(9)10-3-5(6,7)8;1-2-4-3-5-4;2*1-3-4-2;1-2-3(4)5;1-2-3-4;1-2-4-5-3;2*1-2-3/h2-3H2,1H3;4H,2-3H2,1H3;3H,1,4H2,2H3;1H,4H2,2H3;2H2,1H3,(H,4,5);3H,2H2,1H3;2H2,1H3;2-3H2,1H3;3H,2H2,1H3. The van der Waals surface area contributed by atoms with Crippen LogP contribution in [0, 0.1) is 12.3 Å². The van der Waals surface area contributed by atoms with Gasteiger partial charge in [0.05, 0.1) is 12.7 Å². The van der Waals surface area contributed by atoms with Gasteiger partial charge in [0.2, 0.25) is 0 Å². The summed E-state index contributed by atoms with van der Waals surface area (Å²) in [7, 11) is 0. The first-order valence-electron chi connectivity index (χ1n) is 14.0. The minimum Gasteiger partial charge on any atom is -0.481 e. The van der Waals surface area contributed by atoms with Crippen molar-refractivity contribution in [1.82, 2.24) is 0 Å². The Kier molecular flexibility index (Phi) is 86.2. The zero-order valence-electron chi connectivity index (χ0n) is 27.8. The number of nitrogens with zero attached hydrogens (tertiary/aromatic N) is 3. The first-order chi connectivity index (χ1) is 20.1. The predicted octanol–water partition coefficient (Wildman–Crippen LogP) is 7.27. The van der Waals surface area contributed by atoms with Gasteiger partial charge in [-0.3, -0.25) is 9.59 Å². The molecule has 11 nitrogen and oxygen atoms in total. The van der Waals surface area contributed by atoms with E-state index in [1.165, 1.54) is 13.3 Å². The van der Waals surface area contributed by atoms with Gasteiger partial charge in [-0.1, -0.05) is 66.6 Å². The summed E-state index contributed by atoms with van der Waals surface area (Å²) in [6, 6.07) is 0. The van der Waals surface area contributed by atoms with E-state index in [4.69, 9.17) is 32.6 Å². The van der Waals surface area contributed by atoms with E-state index < -0.39 is 24.7 Å². The van der Waals surface area contributed by atoms with Crippen LogP contribution in [0.5, 0.6) is 0 Å². The number of carbonyl (C=O) groups excluding carboxylic acids is 2. The second-order valence-electron chi connectivity index (χ2n) is 6.84. The molecule has 1 unspecified atom stereocenters. The molecule has 1 heterocycles. The molecule has 0 aliphatic carbocycles. The Bertz CT molecular complexity index is 625. The summed E-state index contributed by atoms with van der Waals surface area (Å²) in [6.45, 7) is 20.9. The lowest BCUT2D eigenvalue weighted by Gasteiger charge is -2.05. The van der Waals surface area contributed by atoms with E-state index in [1.807, 2.05) is 26.8 Å². The van der Waals surface area contributed by atoms with Gasteiger partial charge in [0.1, 0.15) is 6.29 Å². The van der Waals surface area contributed by atoms with Crippen molar-refractivity contribution in [2.24, 2.45) is 10.8 Å². The van der Waals surface area contributed by atoms with Crippen LogP contribution in [-0.4, -0.2) is 73.6 Å². The highest BCUT2D eigenvalue weighted by molar-refractivity contribution is 5.68. The lowest BCUT2D eigenvalue weighted by atomic mass is 10.4. The summed E-state index contributed by atoms with van der Waals surface area (Å²) in [5, 5.41) is 18.4. The van der Waals surface area contributed by atoms with Gasteiger partial charge < -0.3 is 30.2 Å². The number of carboxylic acid groups (broad SMARTS) is 1. The molecule has 0 saturated carbocycles. The van der Waals surface area contributed by atoms with E-state index in [0.717, 1.165) is 32.3 Å². The number of aliphatic hydroxyl groups is 1. The molecule has 258 valence electrons. The molecule has 1 aliphatic rings. The number of allylic oxidation sites excluding steroid dienone is 1. The number of epoxide rings is 1. The summed E-state index contributed by atoms with van der Waals surface area (Å²) >= 11 is 0. The number of rotatable bonds is 7. The molecule has 1 aliphatic heterocycles. The second-order valence-corrected chi connectivity index (χ2v) is 6.84. The minimum atomic E-state index is -4.41. The Balaban J connectivity index is -0.0000000552. The Morgan fingerprint density at radius 2 is 1.49 bits per heavy atom. The smallest absolute Gasteiger partial charge is 0.422 e. The van der Waals surface area contributed by atoms with Crippen LogP contribution in [-0.2, 0) is 23.9 Å². The summed E-state index contributed by atoms with van der Waals surface area (Å²) in [4.78, 5) is 31.2. The highest BCUT2D eigenvalue weighted by atomic mass is 19.4. The van der Waals surface area contributed by atoms with Crippen LogP contribution in [0.2, 0.25) is 0 Å². The number of halogens is 3. The fourth-order valence-corrected chi connectivity index (χ4v) is 0.631. The molecule has 1 rings (SSSR count). The maximum Gasteiger partial charge on any atom is 0.422 e. The van der Waals surface area contributed by atoms with E-state index in [9.17, 15) is 27.6 Å². The number of alkyl halides is 3. The van der Waals surface area contributed by atoms with Gasteiger partial charge in [-0.2, -0.15) is 13.2 Å². The number of esters is 1. The molecule has 1 fully saturated rings. The molecule has 14 heteroatoms. The molecule has 43 heavy (non-hydrogen) atoms. The SMILES string of the molecule is C#CCC.C=CCC.CCC(=O)O.CCC(=O)OCC(F)(F)F.CCC1CO1.CCC=O.CCN.CCN=[N+]=[N-].CCO. The number of hydrogen-bond donors (Lipinski definition) is 3. The average molecular weight is 633 g/mol. The van der Waals surface area contributed by atoms with Crippen molar-refractivity contribution in [2.75, 3.05) is 32.9 Å². The number of azide groups is 1. The Morgan fingerprint density at radius 1 is 1.14 bits per heavy atom. The van der Waals surface area contributed by atoms with E-state index in [0.29, 0.717) is 19.1 Å². The molecule has 0 aromatic carbocycles. The van der Waals surface area contributed by atoms with E-state index in [1.54, 1.807) is 20.8 Å². The number of aldehydes is 1. The predicted molar refractivity (Wildman–Crippen MR) is 168 cm³/mol. The van der Waals surface area contributed by atoms with Crippen molar-refractivity contribution in [3.05, 3.63) is 23.1 Å². The number of nitrogens with two attached hydrogens (primary N) is 1. The van der Waals surface area contributed by atoms with Crippen LogP contribution >= 0.6 is 0 Å². The van der Waals surface area contributed by atoms with Crippen molar-refractivity contribution in [2.45, 2.75) is 113 Å². The largest absolute Gasteiger partial charge is 0.481 e.